The molecule has 0 unspecified atom stereocenters. The zero-order valence-electron chi connectivity index (χ0n) is 8.40. The highest BCUT2D eigenvalue weighted by molar-refractivity contribution is 5.85. The molecule has 0 aliphatic rings. The number of rotatable bonds is 3. The number of hydrogen-bond donors (Lipinski definition) is 0. The van der Waals surface area contributed by atoms with Gasteiger partial charge in [-0.05, 0) is 22.8 Å². The van der Waals surface area contributed by atoms with E-state index in [1.165, 1.54) is 16.3 Å². The van der Waals surface area contributed by atoms with E-state index < -0.39 is 0 Å². The average Bonchev–Trinajstić information content (AvgIpc) is 2.26. The SMILES string of the molecule is C[N-]CCc1cccc2ccccc12. The Kier molecular flexibility index (Phi) is 2.80. The van der Waals surface area contributed by atoms with Gasteiger partial charge >= 0.3 is 0 Å². The third-order valence-electron chi connectivity index (χ3n) is 2.48. The Balaban J connectivity index is 2.43. The molecule has 0 saturated carbocycles. The average molecular weight is 184 g/mol. The molecule has 0 aliphatic heterocycles. The molecule has 0 N–H and O–H groups in total. The van der Waals surface area contributed by atoms with Gasteiger partial charge in [0.1, 0.15) is 0 Å². The molecule has 0 fully saturated rings. The highest BCUT2D eigenvalue weighted by Gasteiger charge is 1.96. The van der Waals surface area contributed by atoms with Crippen LogP contribution in [0.4, 0.5) is 0 Å². The zero-order chi connectivity index (χ0) is 9.80. The Bertz CT molecular complexity index is 415. The predicted octanol–water partition coefficient (Wildman–Crippen LogP) is 3.39. The largest absolute Gasteiger partial charge is 0.665 e. The van der Waals surface area contributed by atoms with E-state index >= 15 is 0 Å². The van der Waals surface area contributed by atoms with E-state index in [4.69, 9.17) is 0 Å². The molecule has 2 aromatic rings. The van der Waals surface area contributed by atoms with E-state index in [9.17, 15) is 0 Å². The second-order valence-electron chi connectivity index (χ2n) is 3.43. The van der Waals surface area contributed by atoms with Crippen molar-refractivity contribution >= 4 is 10.8 Å². The fourth-order valence-electron chi connectivity index (χ4n) is 1.74. The van der Waals surface area contributed by atoms with Gasteiger partial charge < -0.3 is 5.32 Å². The van der Waals surface area contributed by atoms with Crippen LogP contribution in [-0.2, 0) is 6.42 Å². The molecule has 0 heterocycles. The molecule has 0 aliphatic carbocycles. The molecular weight excluding hydrogens is 170 g/mol. The Morgan fingerprint density at radius 1 is 1.00 bits per heavy atom. The standard InChI is InChI=1S/C13H14N/c1-14-10-9-12-7-4-6-11-5-2-3-8-13(11)12/h2-8H,9-10H2,1H3/q-1. The highest BCUT2D eigenvalue weighted by atomic mass is 14.8. The highest BCUT2D eigenvalue weighted by Crippen LogP contribution is 2.18. The number of nitrogens with zero attached hydrogens (tertiary/aromatic N) is 1. The van der Waals surface area contributed by atoms with Crippen molar-refractivity contribution in [3.05, 3.63) is 53.3 Å². The lowest BCUT2D eigenvalue weighted by Gasteiger charge is -2.12. The van der Waals surface area contributed by atoms with Gasteiger partial charge in [-0.15, -0.1) is 6.54 Å². The summed E-state index contributed by atoms with van der Waals surface area (Å²) in [5, 5.41) is 6.82. The molecule has 72 valence electrons. The van der Waals surface area contributed by atoms with Gasteiger partial charge in [0, 0.05) is 0 Å². The first kappa shape index (κ1) is 9.22. The van der Waals surface area contributed by atoms with Crippen LogP contribution in [0, 0.1) is 0 Å². The molecule has 0 spiro atoms. The molecule has 1 heteroatoms. The van der Waals surface area contributed by atoms with Crippen LogP contribution in [0.15, 0.2) is 42.5 Å². The zero-order valence-corrected chi connectivity index (χ0v) is 8.40. The van der Waals surface area contributed by atoms with Crippen molar-refractivity contribution in [1.29, 1.82) is 0 Å². The first-order valence-corrected chi connectivity index (χ1v) is 4.94. The van der Waals surface area contributed by atoms with E-state index in [-0.39, 0.29) is 0 Å². The summed E-state index contributed by atoms with van der Waals surface area (Å²) < 4.78 is 0. The topological polar surface area (TPSA) is 14.1 Å². The van der Waals surface area contributed by atoms with Crippen LogP contribution in [0.2, 0.25) is 0 Å². The lowest BCUT2D eigenvalue weighted by Crippen LogP contribution is -1.91. The van der Waals surface area contributed by atoms with Gasteiger partial charge in [0.05, 0.1) is 0 Å². The van der Waals surface area contributed by atoms with Crippen LogP contribution in [0.1, 0.15) is 5.56 Å². The minimum absolute atomic E-state index is 0.911. The van der Waals surface area contributed by atoms with Gasteiger partial charge in [-0.1, -0.05) is 42.5 Å². The van der Waals surface area contributed by atoms with E-state index in [0.29, 0.717) is 0 Å². The molecule has 0 amide bonds. The van der Waals surface area contributed by atoms with Crippen molar-refractivity contribution in [3.8, 4) is 0 Å². The molecule has 1 nitrogen and oxygen atoms in total. The lowest BCUT2D eigenvalue weighted by molar-refractivity contribution is 1.05. The van der Waals surface area contributed by atoms with Gasteiger partial charge in [-0.25, -0.2) is 0 Å². The summed E-state index contributed by atoms with van der Waals surface area (Å²) in [6.07, 6.45) is 1.04. The van der Waals surface area contributed by atoms with E-state index in [1.54, 1.807) is 0 Å². The van der Waals surface area contributed by atoms with E-state index in [0.717, 1.165) is 13.0 Å². The second-order valence-corrected chi connectivity index (χ2v) is 3.43. The monoisotopic (exact) mass is 184 g/mol. The molecule has 2 aromatic carbocycles. The summed E-state index contributed by atoms with van der Waals surface area (Å²) in [5.41, 5.74) is 1.40. The summed E-state index contributed by atoms with van der Waals surface area (Å²) in [6.45, 7) is 0.911. The molecule has 14 heavy (non-hydrogen) atoms. The quantitative estimate of drug-likeness (QED) is 0.694. The van der Waals surface area contributed by atoms with E-state index in [1.807, 2.05) is 7.05 Å². The Labute approximate surface area is 84.8 Å². The van der Waals surface area contributed by atoms with Gasteiger partial charge in [-0.3, -0.25) is 0 Å². The van der Waals surface area contributed by atoms with Crippen LogP contribution < -0.4 is 0 Å². The van der Waals surface area contributed by atoms with Gasteiger partial charge in [0.2, 0.25) is 0 Å². The first-order chi connectivity index (χ1) is 6.92. The molecule has 2 rings (SSSR count). The molecule has 0 aromatic heterocycles. The Hall–Kier alpha value is -1.34. The number of hydrogen-bond acceptors (Lipinski definition) is 0. The van der Waals surface area contributed by atoms with E-state index in [2.05, 4.69) is 47.8 Å². The number of fused-ring (bicyclic) bond motifs is 1. The number of benzene rings is 2. The first-order valence-electron chi connectivity index (χ1n) is 4.94. The van der Waals surface area contributed by atoms with Crippen LogP contribution in [-0.4, -0.2) is 13.6 Å². The Morgan fingerprint density at radius 3 is 2.64 bits per heavy atom. The van der Waals surface area contributed by atoms with Crippen molar-refractivity contribution in [2.75, 3.05) is 13.6 Å². The van der Waals surface area contributed by atoms with Crippen LogP contribution in [0.5, 0.6) is 0 Å². The smallest absolute Gasteiger partial charge is 0.0153 e. The van der Waals surface area contributed by atoms with Crippen molar-refractivity contribution in [1.82, 2.24) is 0 Å². The van der Waals surface area contributed by atoms with Crippen molar-refractivity contribution in [2.45, 2.75) is 6.42 Å². The van der Waals surface area contributed by atoms with Crippen LogP contribution in [0.25, 0.3) is 16.1 Å². The maximum Gasteiger partial charge on any atom is -0.0153 e. The minimum Gasteiger partial charge on any atom is -0.665 e. The van der Waals surface area contributed by atoms with Crippen molar-refractivity contribution < 1.29 is 0 Å². The maximum absolute atomic E-state index is 4.14. The summed E-state index contributed by atoms with van der Waals surface area (Å²) >= 11 is 0. The number of likely N-dealkylation sites (N-methyl/N-ethyl adjacent to an activating group) is 1. The molecule has 0 saturated heterocycles. The molecule has 0 bridgehead atoms. The van der Waals surface area contributed by atoms with Crippen LogP contribution in [0.3, 0.4) is 0 Å². The normalized spacial score (nSPS) is 10.6. The van der Waals surface area contributed by atoms with Gasteiger partial charge in [0.25, 0.3) is 0 Å². The minimum atomic E-state index is 0.911. The summed E-state index contributed by atoms with van der Waals surface area (Å²) in [7, 11) is 1.87. The molecular formula is C13H14N-. The fourth-order valence-corrected chi connectivity index (χ4v) is 1.74. The predicted molar refractivity (Wildman–Crippen MR) is 61.8 cm³/mol. The van der Waals surface area contributed by atoms with Crippen molar-refractivity contribution in [2.24, 2.45) is 0 Å². The molecule has 0 atom stereocenters. The third-order valence-corrected chi connectivity index (χ3v) is 2.48. The summed E-state index contributed by atoms with van der Waals surface area (Å²) in [5.74, 6) is 0. The molecule has 0 radical (unpaired) electrons. The van der Waals surface area contributed by atoms with Crippen molar-refractivity contribution in [3.63, 3.8) is 0 Å². The van der Waals surface area contributed by atoms with Crippen LogP contribution >= 0.6 is 0 Å². The van der Waals surface area contributed by atoms with Gasteiger partial charge in [-0.2, -0.15) is 7.05 Å². The third kappa shape index (κ3) is 1.78. The van der Waals surface area contributed by atoms with Gasteiger partial charge in [0.15, 0.2) is 0 Å². The summed E-state index contributed by atoms with van der Waals surface area (Å²) in [4.78, 5) is 0. The second kappa shape index (κ2) is 4.25. The maximum atomic E-state index is 4.14. The lowest BCUT2D eigenvalue weighted by atomic mass is 10.0. The fraction of sp³-hybridized carbons (Fsp3) is 0.231. The summed E-state index contributed by atoms with van der Waals surface area (Å²) in [6, 6.07) is 15.0. The Morgan fingerprint density at radius 2 is 1.79 bits per heavy atom.